The molecule has 7 nitrogen and oxygen atoms in total. The van der Waals surface area contributed by atoms with Crippen LogP contribution in [-0.2, 0) is 21.7 Å². The van der Waals surface area contributed by atoms with Crippen LogP contribution in [0.3, 0.4) is 0 Å². The number of Topliss-reactive ketones (excluding diaryl/α,β-unsaturated/α-hetero) is 1. The minimum atomic E-state index is -1.66. The summed E-state index contributed by atoms with van der Waals surface area (Å²) in [5.74, 6) is -0.103. The summed E-state index contributed by atoms with van der Waals surface area (Å²) in [5.41, 5.74) is 0.828. The largest absolute Gasteiger partial charge is 0.445 e. The minimum Gasteiger partial charge on any atom is -0.445 e. The molecule has 2 unspecified atom stereocenters. The molecule has 1 amide bonds. The van der Waals surface area contributed by atoms with Gasteiger partial charge in [0.1, 0.15) is 25.2 Å². The third-order valence-corrected chi connectivity index (χ3v) is 11.8. The Morgan fingerprint density at radius 1 is 1.13 bits per heavy atom. The summed E-state index contributed by atoms with van der Waals surface area (Å²) >= 11 is 7.49. The molecule has 0 spiro atoms. The maximum Gasteiger partial charge on any atom is 0.410 e. The summed E-state index contributed by atoms with van der Waals surface area (Å²) < 4.78 is 6.80. The number of nitrogens with zero attached hydrogens (tertiary/aromatic N) is 3. The van der Waals surface area contributed by atoms with Crippen LogP contribution in [0.15, 0.2) is 66.9 Å². The predicted molar refractivity (Wildman–Crippen MR) is 154 cm³/mol. The second-order valence-corrected chi connectivity index (χ2v) is 17.6. The molecule has 2 aliphatic rings. The van der Waals surface area contributed by atoms with Crippen molar-refractivity contribution in [3.63, 3.8) is 0 Å². The Labute approximate surface area is 233 Å². The van der Waals surface area contributed by atoms with Crippen molar-refractivity contribution in [2.24, 2.45) is 5.92 Å². The lowest BCUT2D eigenvalue weighted by molar-refractivity contribution is -0.102. The number of aromatic nitrogens is 1. The van der Waals surface area contributed by atoms with E-state index in [1.54, 1.807) is 33.4 Å². The molecule has 10 heteroatoms. The van der Waals surface area contributed by atoms with Crippen molar-refractivity contribution in [3.05, 3.63) is 82.9 Å². The van der Waals surface area contributed by atoms with E-state index in [1.807, 2.05) is 54.7 Å². The number of carbonyl (C=O) groups excluding carboxylic acids is 2. The fourth-order valence-corrected chi connectivity index (χ4v) is 8.24. The highest BCUT2D eigenvalue weighted by Crippen LogP contribution is 2.49. The van der Waals surface area contributed by atoms with E-state index in [4.69, 9.17) is 26.8 Å². The van der Waals surface area contributed by atoms with Crippen LogP contribution in [0.25, 0.3) is 0 Å². The van der Waals surface area contributed by atoms with Crippen LogP contribution < -0.4 is 4.63 Å². The molecule has 0 saturated carbocycles. The number of carbonyl (C=O) groups is 2. The Kier molecular flexibility index (Phi) is 7.50. The average Bonchev–Trinajstić information content (AvgIpc) is 3.62. The quantitative estimate of drug-likeness (QED) is 0.227. The number of thiazole rings is 1. The molecule has 1 aromatic heterocycles. The first kappa shape index (κ1) is 26.7. The number of benzene rings is 2. The molecular weight excluding hydrogens is 535 g/mol. The van der Waals surface area contributed by atoms with Gasteiger partial charge in [-0.15, -0.1) is 11.3 Å². The van der Waals surface area contributed by atoms with Crippen molar-refractivity contribution in [1.29, 1.82) is 0 Å². The van der Waals surface area contributed by atoms with Crippen molar-refractivity contribution in [3.8, 4) is 0 Å². The van der Waals surface area contributed by atoms with Gasteiger partial charge in [-0.1, -0.05) is 92.5 Å². The number of fused-ring (bicyclic) bond motifs is 1. The van der Waals surface area contributed by atoms with Crippen LogP contribution in [0.2, 0.25) is 19.6 Å². The van der Waals surface area contributed by atoms with E-state index in [1.165, 1.54) is 0 Å². The molecule has 2 atom stereocenters. The van der Waals surface area contributed by atoms with Crippen molar-refractivity contribution >= 4 is 53.1 Å². The number of hydroxylamine groups is 2. The van der Waals surface area contributed by atoms with E-state index in [2.05, 4.69) is 19.6 Å². The van der Waals surface area contributed by atoms with E-state index in [-0.39, 0.29) is 30.8 Å². The van der Waals surface area contributed by atoms with E-state index in [0.29, 0.717) is 30.2 Å². The topological polar surface area (TPSA) is 72.0 Å². The van der Waals surface area contributed by atoms with E-state index in [9.17, 15) is 9.59 Å². The highest BCUT2D eigenvalue weighted by molar-refractivity contribution is 7.80. The smallest absolute Gasteiger partial charge is 0.410 e. The predicted octanol–water partition coefficient (Wildman–Crippen LogP) is 5.00. The van der Waals surface area contributed by atoms with Gasteiger partial charge in [-0.3, -0.25) is 14.6 Å². The fourth-order valence-electron chi connectivity index (χ4n) is 4.98. The minimum absolute atomic E-state index is 0.0357. The highest BCUT2D eigenvalue weighted by Gasteiger charge is 2.60. The van der Waals surface area contributed by atoms with Crippen LogP contribution in [0.1, 0.15) is 27.2 Å². The van der Waals surface area contributed by atoms with Gasteiger partial charge in [0, 0.05) is 24.2 Å². The normalized spacial score (nSPS) is 20.9. The highest BCUT2D eigenvalue weighted by atomic mass is 32.1. The van der Waals surface area contributed by atoms with Crippen LogP contribution in [0.5, 0.6) is 0 Å². The number of rotatable bonds is 7. The van der Waals surface area contributed by atoms with E-state index < -0.39 is 13.6 Å². The number of ether oxygens (including phenoxy) is 1. The van der Waals surface area contributed by atoms with Gasteiger partial charge < -0.3 is 9.64 Å². The number of likely N-dealkylation sites (tertiary alicyclic amines) is 1. The summed E-state index contributed by atoms with van der Waals surface area (Å²) in [4.78, 5) is 40.3. The van der Waals surface area contributed by atoms with Gasteiger partial charge in [0.05, 0.1) is 29.1 Å². The molecule has 0 N–H and O–H groups in total. The maximum atomic E-state index is 13.2. The van der Waals surface area contributed by atoms with Gasteiger partial charge in [-0.25, -0.2) is 9.86 Å². The zero-order valence-corrected chi connectivity index (χ0v) is 24.4. The van der Waals surface area contributed by atoms with Gasteiger partial charge in [-0.05, 0) is 5.56 Å². The number of ketones is 1. The standard InChI is InChI=1S/C28H31N3O4S2Si/c1-38(2,3)26-29-15-24(37-26)28-19-30(27(33)34-17-20-10-6-4-7-11-20)16-22(28)18-35-31(28)25(36)14-23(32)21-12-8-5-9-13-21/h4-13,15,22H,14,16-19H2,1-3H3. The van der Waals surface area contributed by atoms with E-state index in [0.717, 1.165) is 15.1 Å². The number of thiocarbonyl (C=S) groups is 1. The summed E-state index contributed by atoms with van der Waals surface area (Å²) in [6, 6.07) is 18.8. The number of hydrogen-bond donors (Lipinski definition) is 0. The molecule has 5 rings (SSSR count). The Balaban J connectivity index is 1.41. The third kappa shape index (κ3) is 5.18. The second-order valence-electron chi connectivity index (χ2n) is 10.8. The molecule has 2 saturated heterocycles. The van der Waals surface area contributed by atoms with Gasteiger partial charge in [0.25, 0.3) is 0 Å². The van der Waals surface area contributed by atoms with Gasteiger partial charge >= 0.3 is 6.09 Å². The molecule has 2 aliphatic heterocycles. The lowest BCUT2D eigenvalue weighted by Gasteiger charge is -2.36. The molecule has 2 fully saturated rings. The zero-order valence-electron chi connectivity index (χ0n) is 21.8. The SMILES string of the molecule is C[Si](C)(C)c1ncc(C23CN(C(=O)OCc4ccccc4)CC2CON3C(=S)CC(=O)c2ccccc2)s1. The Morgan fingerprint density at radius 3 is 2.47 bits per heavy atom. The molecule has 2 aromatic carbocycles. The summed E-state index contributed by atoms with van der Waals surface area (Å²) in [6.45, 7) is 8.20. The molecule has 3 heterocycles. The van der Waals surface area contributed by atoms with Crippen LogP contribution in [0.4, 0.5) is 4.79 Å². The maximum absolute atomic E-state index is 13.2. The van der Waals surface area contributed by atoms with Crippen molar-refractivity contribution in [2.75, 3.05) is 19.7 Å². The van der Waals surface area contributed by atoms with Gasteiger partial charge in [0.15, 0.2) is 5.78 Å². The summed E-state index contributed by atoms with van der Waals surface area (Å²) in [7, 11) is -1.66. The number of hydrogen-bond acceptors (Lipinski definition) is 7. The molecule has 3 aromatic rings. The van der Waals surface area contributed by atoms with Crippen molar-refractivity contribution in [2.45, 2.75) is 38.2 Å². The van der Waals surface area contributed by atoms with Gasteiger partial charge in [0.2, 0.25) is 0 Å². The molecule has 38 heavy (non-hydrogen) atoms. The number of amides is 1. The van der Waals surface area contributed by atoms with Crippen LogP contribution in [-0.4, -0.2) is 59.6 Å². The summed E-state index contributed by atoms with van der Waals surface area (Å²) in [5, 5.41) is 1.72. The lowest BCUT2D eigenvalue weighted by Crippen LogP contribution is -2.49. The zero-order chi connectivity index (χ0) is 26.9. The average molecular weight is 566 g/mol. The third-order valence-electron chi connectivity index (χ3n) is 6.99. The molecule has 0 aliphatic carbocycles. The molecule has 0 bridgehead atoms. The fraction of sp³-hybridized carbons (Fsp3) is 0.357. The molecule has 0 radical (unpaired) electrons. The van der Waals surface area contributed by atoms with Crippen LogP contribution >= 0.6 is 23.6 Å². The van der Waals surface area contributed by atoms with E-state index >= 15 is 0 Å². The van der Waals surface area contributed by atoms with Gasteiger partial charge in [-0.2, -0.15) is 0 Å². The first-order chi connectivity index (χ1) is 18.2. The lowest BCUT2D eigenvalue weighted by atomic mass is 9.87. The van der Waals surface area contributed by atoms with Crippen molar-refractivity contribution in [1.82, 2.24) is 14.9 Å². The first-order valence-electron chi connectivity index (χ1n) is 12.6. The van der Waals surface area contributed by atoms with Crippen molar-refractivity contribution < 1.29 is 19.2 Å². The Morgan fingerprint density at radius 2 is 1.82 bits per heavy atom. The second kappa shape index (κ2) is 10.7. The summed E-state index contributed by atoms with van der Waals surface area (Å²) in [6.07, 6.45) is 1.59. The Hall–Kier alpha value is -2.92. The monoisotopic (exact) mass is 565 g/mol. The Bertz CT molecular complexity index is 1330. The first-order valence-corrected chi connectivity index (χ1v) is 17.4. The van der Waals surface area contributed by atoms with Crippen LogP contribution in [0, 0.1) is 5.92 Å². The molecule has 198 valence electrons. The molecular formula is C28H31N3O4S2Si.